The third-order valence-corrected chi connectivity index (χ3v) is 4.60. The minimum absolute atomic E-state index is 0.0141. The van der Waals surface area contributed by atoms with E-state index >= 15 is 0 Å². The van der Waals surface area contributed by atoms with E-state index in [1.807, 2.05) is 6.92 Å². The first kappa shape index (κ1) is 26.0. The van der Waals surface area contributed by atoms with Crippen molar-refractivity contribution in [2.75, 3.05) is 0 Å². The third-order valence-electron chi connectivity index (χ3n) is 4.60. The molecule has 0 aliphatic carbocycles. The standard InChI is InChI=1S/C24H17F8NO2/c1-2-3-14-4-7-21(33-13-14)15-5-6-17(18(25)10-15)24(31,32)35-16-11-19(26)22(20(27)12-16)34-9-8-23(28,29)30/h4-13H,2-3H2,1H3. The Bertz CT molecular complexity index is 1180. The van der Waals surface area contributed by atoms with E-state index in [0.717, 1.165) is 30.5 Å². The van der Waals surface area contributed by atoms with Gasteiger partial charge in [-0.1, -0.05) is 25.5 Å². The summed E-state index contributed by atoms with van der Waals surface area (Å²) in [6.07, 6.45) is -6.30. The number of hydrogen-bond donors (Lipinski definition) is 0. The number of pyridine rings is 1. The number of nitrogens with zero attached hydrogens (tertiary/aromatic N) is 1. The van der Waals surface area contributed by atoms with Crippen LogP contribution < -0.4 is 9.47 Å². The molecule has 1 aromatic heterocycles. The van der Waals surface area contributed by atoms with Crippen LogP contribution in [0, 0.1) is 17.5 Å². The topological polar surface area (TPSA) is 31.4 Å². The average Bonchev–Trinajstić information content (AvgIpc) is 2.75. The highest BCUT2D eigenvalue weighted by Crippen LogP contribution is 2.37. The van der Waals surface area contributed by atoms with Crippen LogP contribution in [0.5, 0.6) is 11.5 Å². The first-order valence-electron chi connectivity index (χ1n) is 10.1. The van der Waals surface area contributed by atoms with Crippen molar-refractivity contribution >= 4 is 0 Å². The Labute approximate surface area is 194 Å². The first-order valence-corrected chi connectivity index (χ1v) is 10.1. The quantitative estimate of drug-likeness (QED) is 0.233. The van der Waals surface area contributed by atoms with Crippen molar-refractivity contribution in [2.24, 2.45) is 0 Å². The second kappa shape index (κ2) is 10.3. The lowest BCUT2D eigenvalue weighted by atomic mass is 10.1. The lowest BCUT2D eigenvalue weighted by molar-refractivity contribution is -0.187. The summed E-state index contributed by atoms with van der Waals surface area (Å²) in [5, 5.41) is 0. The second-order valence-electron chi connectivity index (χ2n) is 7.29. The van der Waals surface area contributed by atoms with E-state index in [4.69, 9.17) is 0 Å². The van der Waals surface area contributed by atoms with E-state index in [1.54, 1.807) is 18.3 Å². The summed E-state index contributed by atoms with van der Waals surface area (Å²) in [5.74, 6) is -6.90. The van der Waals surface area contributed by atoms with Crippen molar-refractivity contribution in [1.29, 1.82) is 0 Å². The molecule has 0 bridgehead atoms. The smallest absolute Gasteiger partial charge is 0.429 e. The summed E-state index contributed by atoms with van der Waals surface area (Å²) in [6.45, 7) is 1.99. The predicted octanol–water partition coefficient (Wildman–Crippen LogP) is 7.70. The number of ether oxygens (including phenoxy) is 2. The molecule has 11 heteroatoms. The Balaban J connectivity index is 1.80. The Hall–Kier alpha value is -3.63. The molecule has 0 fully saturated rings. The van der Waals surface area contributed by atoms with Crippen molar-refractivity contribution in [2.45, 2.75) is 32.1 Å². The van der Waals surface area contributed by atoms with Gasteiger partial charge in [0.15, 0.2) is 17.4 Å². The van der Waals surface area contributed by atoms with Crippen LogP contribution in [-0.4, -0.2) is 11.2 Å². The summed E-state index contributed by atoms with van der Waals surface area (Å²) in [5.41, 5.74) is 0.313. The Morgan fingerprint density at radius 2 is 1.57 bits per heavy atom. The fourth-order valence-corrected chi connectivity index (χ4v) is 3.03. The van der Waals surface area contributed by atoms with E-state index < -0.39 is 52.9 Å². The number of aromatic nitrogens is 1. The maximum Gasteiger partial charge on any atom is 0.429 e. The molecule has 186 valence electrons. The molecular weight excluding hydrogens is 486 g/mol. The highest BCUT2D eigenvalue weighted by molar-refractivity contribution is 5.60. The van der Waals surface area contributed by atoms with Crippen molar-refractivity contribution in [3.05, 3.63) is 89.6 Å². The van der Waals surface area contributed by atoms with Crippen LogP contribution in [0.15, 0.2) is 61.0 Å². The van der Waals surface area contributed by atoms with Crippen LogP contribution in [0.3, 0.4) is 0 Å². The number of halogens is 8. The molecule has 1 heterocycles. The van der Waals surface area contributed by atoms with Gasteiger partial charge >= 0.3 is 12.3 Å². The maximum atomic E-state index is 14.6. The monoisotopic (exact) mass is 503 g/mol. The average molecular weight is 503 g/mol. The molecule has 3 aromatic rings. The Kier molecular flexibility index (Phi) is 7.67. The van der Waals surface area contributed by atoms with Crippen molar-refractivity contribution in [3.63, 3.8) is 0 Å². The number of hydrogen-bond acceptors (Lipinski definition) is 3. The summed E-state index contributed by atoms with van der Waals surface area (Å²) in [7, 11) is 0. The molecule has 2 aromatic carbocycles. The molecule has 0 amide bonds. The van der Waals surface area contributed by atoms with Crippen molar-refractivity contribution < 1.29 is 44.6 Å². The first-order chi connectivity index (χ1) is 16.4. The summed E-state index contributed by atoms with van der Waals surface area (Å²) in [4.78, 5) is 4.18. The zero-order chi connectivity index (χ0) is 25.8. The minimum Gasteiger partial charge on any atom is -0.459 e. The lowest BCUT2D eigenvalue weighted by Crippen LogP contribution is -2.23. The molecule has 0 aliphatic heterocycles. The molecule has 3 nitrogen and oxygen atoms in total. The van der Waals surface area contributed by atoms with E-state index in [9.17, 15) is 35.1 Å². The molecular formula is C24H17F8NO2. The number of benzene rings is 2. The van der Waals surface area contributed by atoms with Gasteiger partial charge in [0, 0.05) is 23.9 Å². The zero-order valence-corrected chi connectivity index (χ0v) is 18.0. The fourth-order valence-electron chi connectivity index (χ4n) is 3.03. The van der Waals surface area contributed by atoms with Gasteiger partial charge in [-0.2, -0.15) is 22.0 Å². The van der Waals surface area contributed by atoms with Crippen LogP contribution in [0.4, 0.5) is 35.1 Å². The van der Waals surface area contributed by atoms with Crippen LogP contribution in [0.25, 0.3) is 11.3 Å². The van der Waals surface area contributed by atoms with Gasteiger partial charge in [0.2, 0.25) is 0 Å². The molecule has 0 saturated carbocycles. The molecule has 0 aliphatic rings. The van der Waals surface area contributed by atoms with Crippen LogP contribution in [-0.2, 0) is 12.5 Å². The molecule has 3 rings (SSSR count). The third kappa shape index (κ3) is 6.71. The van der Waals surface area contributed by atoms with Crippen molar-refractivity contribution in [1.82, 2.24) is 4.98 Å². The summed E-state index contributed by atoms with van der Waals surface area (Å²) >= 11 is 0. The van der Waals surface area contributed by atoms with E-state index in [2.05, 4.69) is 14.5 Å². The highest BCUT2D eigenvalue weighted by Gasteiger charge is 2.38. The number of rotatable bonds is 8. The zero-order valence-electron chi connectivity index (χ0n) is 18.0. The molecule has 35 heavy (non-hydrogen) atoms. The normalized spacial score (nSPS) is 12.3. The molecule has 0 N–H and O–H groups in total. The van der Waals surface area contributed by atoms with Gasteiger partial charge in [0.25, 0.3) is 0 Å². The Morgan fingerprint density at radius 3 is 2.11 bits per heavy atom. The van der Waals surface area contributed by atoms with Gasteiger partial charge < -0.3 is 9.47 Å². The highest BCUT2D eigenvalue weighted by atomic mass is 19.4. The number of aryl methyl sites for hydroxylation is 1. The van der Waals surface area contributed by atoms with Crippen LogP contribution in [0.1, 0.15) is 24.5 Å². The van der Waals surface area contributed by atoms with Crippen LogP contribution in [0.2, 0.25) is 0 Å². The second-order valence-corrected chi connectivity index (χ2v) is 7.29. The minimum atomic E-state index is -4.80. The lowest BCUT2D eigenvalue weighted by Gasteiger charge is -2.19. The van der Waals surface area contributed by atoms with Gasteiger partial charge in [-0.25, -0.2) is 13.2 Å². The Morgan fingerprint density at radius 1 is 0.886 bits per heavy atom. The molecule has 0 saturated heterocycles. The van der Waals surface area contributed by atoms with Gasteiger partial charge in [0.1, 0.15) is 11.6 Å². The molecule has 0 radical (unpaired) electrons. The molecule has 0 spiro atoms. The number of alkyl halides is 5. The maximum absolute atomic E-state index is 14.6. The van der Waals surface area contributed by atoms with Crippen molar-refractivity contribution in [3.8, 4) is 22.8 Å². The van der Waals surface area contributed by atoms with E-state index in [1.165, 1.54) is 6.07 Å². The number of allylic oxidation sites excluding steroid dienone is 1. The summed E-state index contributed by atoms with van der Waals surface area (Å²) < 4.78 is 117. The van der Waals surface area contributed by atoms with E-state index in [0.29, 0.717) is 5.69 Å². The molecule has 0 atom stereocenters. The van der Waals surface area contributed by atoms with Gasteiger partial charge in [-0.3, -0.25) is 4.98 Å². The van der Waals surface area contributed by atoms with Gasteiger partial charge in [0.05, 0.1) is 23.6 Å². The van der Waals surface area contributed by atoms with Crippen LogP contribution >= 0.6 is 0 Å². The SMILES string of the molecule is CCCc1ccc(-c2ccc(C(F)(F)Oc3cc(F)c(OC=CC(F)(F)F)c(F)c3)c(F)c2)nc1. The van der Waals surface area contributed by atoms with Gasteiger partial charge in [-0.05, 0) is 30.2 Å². The van der Waals surface area contributed by atoms with Gasteiger partial charge in [-0.15, -0.1) is 0 Å². The predicted molar refractivity (Wildman–Crippen MR) is 110 cm³/mol. The fraction of sp³-hybridized carbons (Fsp3) is 0.208. The van der Waals surface area contributed by atoms with E-state index in [-0.39, 0.29) is 24.0 Å². The molecule has 0 unspecified atom stereocenters. The largest absolute Gasteiger partial charge is 0.459 e. The summed E-state index contributed by atoms with van der Waals surface area (Å²) in [6, 6.07) is 6.68.